The number of nitrogens with one attached hydrogen (secondary N) is 1. The van der Waals surface area contributed by atoms with Crippen LogP contribution in [0.15, 0.2) is 24.4 Å². The van der Waals surface area contributed by atoms with E-state index < -0.39 is 5.97 Å². The summed E-state index contributed by atoms with van der Waals surface area (Å²) in [4.78, 5) is 24.5. The molecule has 34 heavy (non-hydrogen) atoms. The van der Waals surface area contributed by atoms with Gasteiger partial charge in [0.25, 0.3) is 0 Å². The molecule has 0 aliphatic heterocycles. The summed E-state index contributed by atoms with van der Waals surface area (Å²) in [5.74, 6) is 0.710. The first-order valence-electron chi connectivity index (χ1n) is 11.4. The molecule has 3 aromatic rings. The molecule has 1 saturated carbocycles. The van der Waals surface area contributed by atoms with Gasteiger partial charge in [0.15, 0.2) is 11.5 Å². The monoisotopic (exact) mass is 467 g/mol. The third-order valence-corrected chi connectivity index (χ3v) is 5.69. The topological polar surface area (TPSA) is 137 Å². The maximum absolute atomic E-state index is 11.3. The molecule has 3 aromatic heterocycles. The number of aliphatic carboxylic acids is 1. The highest BCUT2D eigenvalue weighted by molar-refractivity contribution is 5.72. The van der Waals surface area contributed by atoms with Crippen molar-refractivity contribution in [2.75, 3.05) is 11.9 Å². The van der Waals surface area contributed by atoms with Crippen molar-refractivity contribution in [3.8, 4) is 23.1 Å². The summed E-state index contributed by atoms with van der Waals surface area (Å²) in [7, 11) is 1.78. The maximum Gasteiger partial charge on any atom is 0.318 e. The lowest BCUT2D eigenvalue weighted by atomic mass is 9.87. The van der Waals surface area contributed by atoms with E-state index in [1.807, 2.05) is 26.0 Å². The summed E-state index contributed by atoms with van der Waals surface area (Å²) in [6, 6.07) is 5.71. The molecule has 0 radical (unpaired) electrons. The molecule has 2 N–H and O–H groups in total. The number of hydrogen-bond donors (Lipinski definition) is 2. The minimum absolute atomic E-state index is 0.128. The number of anilines is 2. The first-order chi connectivity index (χ1) is 16.4. The zero-order valence-corrected chi connectivity index (χ0v) is 19.6. The van der Waals surface area contributed by atoms with Crippen molar-refractivity contribution in [2.45, 2.75) is 52.1 Å². The van der Waals surface area contributed by atoms with E-state index in [2.05, 4.69) is 30.6 Å². The minimum Gasteiger partial charge on any atom is -0.489 e. The Morgan fingerprint density at radius 3 is 2.88 bits per heavy atom. The van der Waals surface area contributed by atoms with E-state index in [0.29, 0.717) is 59.9 Å². The van der Waals surface area contributed by atoms with Crippen molar-refractivity contribution in [3.63, 3.8) is 0 Å². The van der Waals surface area contributed by atoms with Gasteiger partial charge in [-0.15, -0.1) is 5.10 Å². The standard InChI is InChI=1S/C23H29N7O4/c1-4-12-33-23-24-11-10-19(27-23)26-21-20(28-29-30(21)3)17-8-9-18(14(2)25-17)34-16-7-5-6-15(13-16)22(31)32/h8-11,15-16H,4-7,12-13H2,1-3H3,(H,31,32)(H,24,26,27)/t15-,16-/m0/s1. The van der Waals surface area contributed by atoms with Crippen LogP contribution in [-0.4, -0.2) is 53.7 Å². The van der Waals surface area contributed by atoms with Crippen molar-refractivity contribution in [2.24, 2.45) is 13.0 Å². The summed E-state index contributed by atoms with van der Waals surface area (Å²) in [5.41, 5.74) is 1.89. The molecule has 11 nitrogen and oxygen atoms in total. The van der Waals surface area contributed by atoms with Gasteiger partial charge in [0.2, 0.25) is 0 Å². The van der Waals surface area contributed by atoms with Gasteiger partial charge in [-0.1, -0.05) is 12.1 Å². The van der Waals surface area contributed by atoms with E-state index >= 15 is 0 Å². The fourth-order valence-electron chi connectivity index (χ4n) is 3.92. The van der Waals surface area contributed by atoms with Crippen LogP contribution in [0.1, 0.15) is 44.7 Å². The number of carboxylic acid groups (broad SMARTS) is 1. The van der Waals surface area contributed by atoms with Crippen LogP contribution in [0.5, 0.6) is 11.8 Å². The largest absolute Gasteiger partial charge is 0.489 e. The number of carboxylic acids is 1. The van der Waals surface area contributed by atoms with E-state index in [4.69, 9.17) is 9.47 Å². The molecule has 1 fully saturated rings. The smallest absolute Gasteiger partial charge is 0.318 e. The second kappa shape index (κ2) is 10.4. The Kier molecular flexibility index (Phi) is 7.19. The Balaban J connectivity index is 1.51. The van der Waals surface area contributed by atoms with E-state index in [9.17, 15) is 9.90 Å². The molecule has 0 saturated heterocycles. The predicted octanol–water partition coefficient (Wildman–Crippen LogP) is 3.53. The molecule has 0 spiro atoms. The van der Waals surface area contributed by atoms with Gasteiger partial charge in [-0.2, -0.15) is 4.98 Å². The highest BCUT2D eigenvalue weighted by atomic mass is 16.5. The van der Waals surface area contributed by atoms with E-state index in [1.54, 1.807) is 24.0 Å². The number of pyridine rings is 1. The van der Waals surface area contributed by atoms with E-state index in [-0.39, 0.29) is 12.0 Å². The Bertz CT molecular complexity index is 1150. The number of ether oxygens (including phenoxy) is 2. The molecular formula is C23H29N7O4. The molecule has 0 aromatic carbocycles. The lowest BCUT2D eigenvalue weighted by Crippen LogP contribution is -2.29. The number of carbonyl (C=O) groups is 1. The van der Waals surface area contributed by atoms with Crippen LogP contribution in [-0.2, 0) is 11.8 Å². The summed E-state index contributed by atoms with van der Waals surface area (Å²) in [6.45, 7) is 4.42. The van der Waals surface area contributed by atoms with Gasteiger partial charge in [-0.05, 0) is 57.2 Å². The fourth-order valence-corrected chi connectivity index (χ4v) is 3.92. The quantitative estimate of drug-likeness (QED) is 0.481. The summed E-state index contributed by atoms with van der Waals surface area (Å²) < 4.78 is 13.2. The molecule has 4 rings (SSSR count). The highest BCUT2D eigenvalue weighted by Gasteiger charge is 2.28. The maximum atomic E-state index is 11.3. The van der Waals surface area contributed by atoms with Gasteiger partial charge < -0.3 is 19.9 Å². The van der Waals surface area contributed by atoms with Crippen molar-refractivity contribution in [1.82, 2.24) is 29.9 Å². The van der Waals surface area contributed by atoms with Crippen LogP contribution in [0, 0.1) is 12.8 Å². The molecule has 0 bridgehead atoms. The first-order valence-corrected chi connectivity index (χ1v) is 11.4. The summed E-state index contributed by atoms with van der Waals surface area (Å²) in [5, 5.41) is 21.0. The summed E-state index contributed by atoms with van der Waals surface area (Å²) in [6.07, 6.45) is 5.25. The molecule has 2 atom stereocenters. The third-order valence-electron chi connectivity index (χ3n) is 5.69. The first kappa shape index (κ1) is 23.4. The number of aromatic nitrogens is 6. The molecule has 0 unspecified atom stereocenters. The molecule has 3 heterocycles. The average Bonchev–Trinajstić information content (AvgIpc) is 3.19. The molecule has 0 amide bonds. The molecule has 1 aliphatic rings. The van der Waals surface area contributed by atoms with Crippen molar-refractivity contribution in [3.05, 3.63) is 30.1 Å². The second-order valence-electron chi connectivity index (χ2n) is 8.33. The number of aryl methyl sites for hydroxylation is 2. The Morgan fingerprint density at radius 2 is 2.12 bits per heavy atom. The Hall–Kier alpha value is -3.76. The lowest BCUT2D eigenvalue weighted by Gasteiger charge is -2.27. The van der Waals surface area contributed by atoms with Gasteiger partial charge in [0.05, 0.1) is 30.0 Å². The van der Waals surface area contributed by atoms with E-state index in [1.165, 1.54) is 0 Å². The zero-order chi connectivity index (χ0) is 24.1. The van der Waals surface area contributed by atoms with E-state index in [0.717, 1.165) is 19.3 Å². The van der Waals surface area contributed by atoms with Crippen LogP contribution < -0.4 is 14.8 Å². The molecule has 1 aliphatic carbocycles. The van der Waals surface area contributed by atoms with Crippen molar-refractivity contribution >= 4 is 17.6 Å². The van der Waals surface area contributed by atoms with Crippen molar-refractivity contribution < 1.29 is 19.4 Å². The Morgan fingerprint density at radius 1 is 1.26 bits per heavy atom. The predicted molar refractivity (Wildman–Crippen MR) is 124 cm³/mol. The van der Waals surface area contributed by atoms with Gasteiger partial charge in [-0.25, -0.2) is 14.6 Å². The normalized spacial score (nSPS) is 17.9. The third kappa shape index (κ3) is 5.41. The minimum atomic E-state index is -0.756. The average molecular weight is 468 g/mol. The number of nitrogens with zero attached hydrogens (tertiary/aromatic N) is 6. The number of rotatable bonds is 9. The molecule has 11 heteroatoms. The number of hydrogen-bond acceptors (Lipinski definition) is 9. The molecular weight excluding hydrogens is 438 g/mol. The SMILES string of the molecule is CCCOc1nccc(Nc2c(-c3ccc(O[C@H]4CCC[C@H](C(=O)O)C4)c(C)n3)nnn2C)n1. The Labute approximate surface area is 197 Å². The van der Waals surface area contributed by atoms with Crippen LogP contribution >= 0.6 is 0 Å². The van der Waals surface area contributed by atoms with Gasteiger partial charge in [0, 0.05) is 13.2 Å². The zero-order valence-electron chi connectivity index (χ0n) is 19.6. The van der Waals surface area contributed by atoms with Crippen LogP contribution in [0.4, 0.5) is 11.6 Å². The second-order valence-corrected chi connectivity index (χ2v) is 8.33. The van der Waals surface area contributed by atoms with Crippen LogP contribution in [0.3, 0.4) is 0 Å². The fraction of sp³-hybridized carbons (Fsp3) is 0.478. The van der Waals surface area contributed by atoms with Crippen LogP contribution in [0.25, 0.3) is 11.4 Å². The van der Waals surface area contributed by atoms with Gasteiger partial charge >= 0.3 is 12.0 Å². The van der Waals surface area contributed by atoms with Crippen LogP contribution in [0.2, 0.25) is 0 Å². The highest BCUT2D eigenvalue weighted by Crippen LogP contribution is 2.32. The van der Waals surface area contributed by atoms with Crippen molar-refractivity contribution in [1.29, 1.82) is 0 Å². The summed E-state index contributed by atoms with van der Waals surface area (Å²) >= 11 is 0. The van der Waals surface area contributed by atoms with Gasteiger partial charge in [-0.3, -0.25) is 4.79 Å². The molecule has 180 valence electrons. The lowest BCUT2D eigenvalue weighted by molar-refractivity contribution is -0.143. The van der Waals surface area contributed by atoms with Gasteiger partial charge in [0.1, 0.15) is 11.6 Å².